The third-order valence-corrected chi connectivity index (χ3v) is 4.00. The van der Waals surface area contributed by atoms with Crippen LogP contribution in [0.4, 0.5) is 0 Å². The van der Waals surface area contributed by atoms with E-state index in [4.69, 9.17) is 15.8 Å². The van der Waals surface area contributed by atoms with Gasteiger partial charge in [0.15, 0.2) is 0 Å². The highest BCUT2D eigenvalue weighted by Gasteiger charge is 2.15. The molecule has 0 saturated heterocycles. The lowest BCUT2D eigenvalue weighted by atomic mass is 10.2. The van der Waals surface area contributed by atoms with Gasteiger partial charge in [-0.3, -0.25) is 4.18 Å². The predicted molar refractivity (Wildman–Crippen MR) is 74.9 cm³/mol. The molecule has 0 saturated carbocycles. The summed E-state index contributed by atoms with van der Waals surface area (Å²) in [5.41, 5.74) is 2.04. The lowest BCUT2D eigenvalue weighted by molar-refractivity contribution is 0.303. The molecule has 20 heavy (non-hydrogen) atoms. The fourth-order valence-corrected chi connectivity index (χ4v) is 2.70. The summed E-state index contributed by atoms with van der Waals surface area (Å²) in [6, 6.07) is 8.05. The standard InChI is InChI=1S/C13H13ClN2O3S/c1-9-3-5-12(6-4-9)20(17,18)19-8-11-7-10(2)15-13(14)16-11/h3-7H,8H2,1-2H3. The number of nitrogens with zero attached hydrogens (tertiary/aromatic N) is 2. The topological polar surface area (TPSA) is 69.2 Å². The summed E-state index contributed by atoms with van der Waals surface area (Å²) in [5, 5.41) is 0.0660. The maximum absolute atomic E-state index is 12.0. The van der Waals surface area contributed by atoms with Gasteiger partial charge in [-0.05, 0) is 43.6 Å². The zero-order chi connectivity index (χ0) is 14.8. The summed E-state index contributed by atoms with van der Waals surface area (Å²) in [4.78, 5) is 7.92. The monoisotopic (exact) mass is 312 g/mol. The SMILES string of the molecule is Cc1ccc(S(=O)(=O)OCc2cc(C)nc(Cl)n2)cc1. The van der Waals surface area contributed by atoms with Crippen LogP contribution >= 0.6 is 11.6 Å². The molecule has 0 amide bonds. The van der Waals surface area contributed by atoms with Crippen molar-refractivity contribution in [3.63, 3.8) is 0 Å². The molecule has 2 aromatic rings. The molecule has 0 unspecified atom stereocenters. The second kappa shape index (κ2) is 5.87. The Morgan fingerprint density at radius 1 is 1.15 bits per heavy atom. The van der Waals surface area contributed by atoms with Crippen LogP contribution in [0.25, 0.3) is 0 Å². The molecule has 0 aliphatic rings. The van der Waals surface area contributed by atoms with E-state index in [0.29, 0.717) is 11.4 Å². The van der Waals surface area contributed by atoms with Crippen LogP contribution < -0.4 is 0 Å². The van der Waals surface area contributed by atoms with Crippen LogP contribution in [0, 0.1) is 13.8 Å². The summed E-state index contributed by atoms with van der Waals surface area (Å²) in [6.07, 6.45) is 0. The number of rotatable bonds is 4. The Bertz CT molecular complexity index is 695. The van der Waals surface area contributed by atoms with Crippen molar-refractivity contribution < 1.29 is 12.6 Å². The molecule has 0 aliphatic carbocycles. The van der Waals surface area contributed by atoms with Crippen LogP contribution in [0.5, 0.6) is 0 Å². The summed E-state index contributed by atoms with van der Waals surface area (Å²) in [5.74, 6) is 0. The Labute approximate surface area is 122 Å². The van der Waals surface area contributed by atoms with Gasteiger partial charge in [0.05, 0.1) is 10.6 Å². The summed E-state index contributed by atoms with van der Waals surface area (Å²) in [6.45, 7) is 3.44. The Kier molecular flexibility index (Phi) is 4.37. The zero-order valence-electron chi connectivity index (χ0n) is 11.0. The van der Waals surface area contributed by atoms with E-state index in [1.807, 2.05) is 6.92 Å². The Balaban J connectivity index is 2.15. The van der Waals surface area contributed by atoms with E-state index in [1.54, 1.807) is 25.1 Å². The summed E-state index contributed by atoms with van der Waals surface area (Å²) in [7, 11) is -3.80. The van der Waals surface area contributed by atoms with Crippen LogP contribution in [-0.2, 0) is 20.9 Å². The van der Waals surface area contributed by atoms with Crippen LogP contribution in [0.2, 0.25) is 5.28 Å². The number of aryl methyl sites for hydroxylation is 2. The molecule has 106 valence electrons. The third kappa shape index (κ3) is 3.75. The summed E-state index contributed by atoms with van der Waals surface area (Å²) >= 11 is 5.71. The Hall–Kier alpha value is -1.50. The van der Waals surface area contributed by atoms with Gasteiger partial charge in [-0.15, -0.1) is 0 Å². The predicted octanol–water partition coefficient (Wildman–Crippen LogP) is 2.65. The van der Waals surface area contributed by atoms with E-state index in [1.165, 1.54) is 12.1 Å². The lowest BCUT2D eigenvalue weighted by Crippen LogP contribution is -2.08. The van der Waals surface area contributed by atoms with Gasteiger partial charge in [-0.1, -0.05) is 17.7 Å². The molecule has 1 aromatic heterocycles. The van der Waals surface area contributed by atoms with E-state index in [9.17, 15) is 8.42 Å². The van der Waals surface area contributed by atoms with Crippen molar-refractivity contribution in [2.24, 2.45) is 0 Å². The van der Waals surface area contributed by atoms with Crippen molar-refractivity contribution in [2.75, 3.05) is 0 Å². The molecule has 1 heterocycles. The number of benzene rings is 1. The van der Waals surface area contributed by atoms with Crippen molar-refractivity contribution in [1.29, 1.82) is 0 Å². The number of hydrogen-bond donors (Lipinski definition) is 0. The van der Waals surface area contributed by atoms with Crippen molar-refractivity contribution in [1.82, 2.24) is 9.97 Å². The molecular formula is C13H13ClN2O3S. The highest BCUT2D eigenvalue weighted by atomic mass is 35.5. The van der Waals surface area contributed by atoms with E-state index in [2.05, 4.69) is 9.97 Å². The molecule has 0 aliphatic heterocycles. The van der Waals surface area contributed by atoms with Crippen LogP contribution in [0.3, 0.4) is 0 Å². The van der Waals surface area contributed by atoms with Crippen molar-refractivity contribution >= 4 is 21.7 Å². The van der Waals surface area contributed by atoms with E-state index in [-0.39, 0.29) is 16.8 Å². The minimum Gasteiger partial charge on any atom is -0.260 e. The smallest absolute Gasteiger partial charge is 0.260 e. The highest BCUT2D eigenvalue weighted by Crippen LogP contribution is 2.15. The zero-order valence-corrected chi connectivity index (χ0v) is 12.6. The molecule has 7 heteroatoms. The second-order valence-electron chi connectivity index (χ2n) is 4.30. The average Bonchev–Trinajstić information content (AvgIpc) is 2.36. The molecule has 1 aromatic carbocycles. The van der Waals surface area contributed by atoms with Gasteiger partial charge >= 0.3 is 0 Å². The molecule has 0 spiro atoms. The van der Waals surface area contributed by atoms with Gasteiger partial charge < -0.3 is 0 Å². The number of aromatic nitrogens is 2. The summed E-state index contributed by atoms with van der Waals surface area (Å²) < 4.78 is 29.0. The third-order valence-electron chi connectivity index (χ3n) is 2.55. The van der Waals surface area contributed by atoms with E-state index in [0.717, 1.165) is 5.56 Å². The molecule has 0 atom stereocenters. The van der Waals surface area contributed by atoms with Crippen molar-refractivity contribution in [2.45, 2.75) is 25.3 Å². The molecule has 0 bridgehead atoms. The Morgan fingerprint density at radius 3 is 2.40 bits per heavy atom. The minimum absolute atomic E-state index is 0.0660. The highest BCUT2D eigenvalue weighted by molar-refractivity contribution is 7.86. The molecule has 0 fully saturated rings. The van der Waals surface area contributed by atoms with E-state index >= 15 is 0 Å². The van der Waals surface area contributed by atoms with Crippen LogP contribution in [-0.4, -0.2) is 18.4 Å². The van der Waals surface area contributed by atoms with Crippen LogP contribution in [0.1, 0.15) is 17.0 Å². The van der Waals surface area contributed by atoms with Crippen molar-refractivity contribution in [3.05, 3.63) is 52.6 Å². The first-order chi connectivity index (χ1) is 9.37. The first kappa shape index (κ1) is 14.9. The number of halogens is 1. The lowest BCUT2D eigenvalue weighted by Gasteiger charge is -2.06. The van der Waals surface area contributed by atoms with Gasteiger partial charge in [0, 0.05) is 5.69 Å². The maximum atomic E-state index is 12.0. The molecule has 0 N–H and O–H groups in total. The molecule has 5 nitrogen and oxygen atoms in total. The molecule has 0 radical (unpaired) electrons. The minimum atomic E-state index is -3.80. The first-order valence-electron chi connectivity index (χ1n) is 5.83. The van der Waals surface area contributed by atoms with Crippen LogP contribution in [0.15, 0.2) is 35.2 Å². The van der Waals surface area contributed by atoms with Gasteiger partial charge in [-0.2, -0.15) is 8.42 Å². The van der Waals surface area contributed by atoms with Gasteiger partial charge in [0.2, 0.25) is 5.28 Å². The fourth-order valence-electron chi connectivity index (χ4n) is 1.58. The Morgan fingerprint density at radius 2 is 1.80 bits per heavy atom. The van der Waals surface area contributed by atoms with Gasteiger partial charge in [0.1, 0.15) is 6.61 Å². The quantitative estimate of drug-likeness (QED) is 0.641. The molecular weight excluding hydrogens is 300 g/mol. The number of hydrogen-bond acceptors (Lipinski definition) is 5. The normalized spacial score (nSPS) is 11.6. The second-order valence-corrected chi connectivity index (χ2v) is 6.25. The van der Waals surface area contributed by atoms with Gasteiger partial charge in [0.25, 0.3) is 10.1 Å². The molecule has 2 rings (SSSR count). The van der Waals surface area contributed by atoms with Crippen molar-refractivity contribution in [3.8, 4) is 0 Å². The average molecular weight is 313 g/mol. The van der Waals surface area contributed by atoms with E-state index < -0.39 is 10.1 Å². The maximum Gasteiger partial charge on any atom is 0.297 e. The fraction of sp³-hybridized carbons (Fsp3) is 0.231. The first-order valence-corrected chi connectivity index (χ1v) is 7.61. The largest absolute Gasteiger partial charge is 0.297 e. The van der Waals surface area contributed by atoms with Gasteiger partial charge in [-0.25, -0.2) is 9.97 Å².